The van der Waals surface area contributed by atoms with E-state index < -0.39 is 0 Å². The molecule has 1 aliphatic rings. The Balaban J connectivity index is 1.34. The second-order valence-electron chi connectivity index (χ2n) is 7.80. The van der Waals surface area contributed by atoms with Crippen molar-refractivity contribution in [3.05, 3.63) is 65.9 Å². The molecule has 1 N–H and O–H groups in total. The number of fused-ring (bicyclic) bond motifs is 1. The van der Waals surface area contributed by atoms with E-state index in [4.69, 9.17) is 0 Å². The van der Waals surface area contributed by atoms with Gasteiger partial charge in [0.1, 0.15) is 0 Å². The van der Waals surface area contributed by atoms with Gasteiger partial charge in [0.05, 0.1) is 12.1 Å². The molecule has 2 heterocycles. The molecule has 0 atom stereocenters. The SMILES string of the molecule is CCc1ccccc1NC(=O)CN1CCN(C(=O)c2cn(C)c3ccccc23)CC1. The maximum atomic E-state index is 13.1. The zero-order valence-electron chi connectivity index (χ0n) is 17.6. The van der Waals surface area contributed by atoms with Crippen molar-refractivity contribution >= 4 is 28.4 Å². The highest BCUT2D eigenvalue weighted by molar-refractivity contribution is 6.07. The summed E-state index contributed by atoms with van der Waals surface area (Å²) in [7, 11) is 1.96. The summed E-state index contributed by atoms with van der Waals surface area (Å²) >= 11 is 0. The van der Waals surface area contributed by atoms with Crippen molar-refractivity contribution < 1.29 is 9.59 Å². The Morgan fingerprint density at radius 3 is 2.43 bits per heavy atom. The molecule has 1 saturated heterocycles. The molecule has 0 radical (unpaired) electrons. The van der Waals surface area contributed by atoms with Gasteiger partial charge in [-0.3, -0.25) is 14.5 Å². The lowest BCUT2D eigenvalue weighted by Gasteiger charge is -2.34. The van der Waals surface area contributed by atoms with Crippen molar-refractivity contribution in [2.24, 2.45) is 7.05 Å². The molecule has 3 aromatic rings. The van der Waals surface area contributed by atoms with Gasteiger partial charge in [-0.25, -0.2) is 0 Å². The smallest absolute Gasteiger partial charge is 0.256 e. The van der Waals surface area contributed by atoms with E-state index in [0.29, 0.717) is 32.7 Å². The number of hydrogen-bond donors (Lipinski definition) is 1. The van der Waals surface area contributed by atoms with Crippen LogP contribution in [0.3, 0.4) is 0 Å². The third-order valence-electron chi connectivity index (χ3n) is 5.83. The number of benzene rings is 2. The van der Waals surface area contributed by atoms with Gasteiger partial charge in [0.15, 0.2) is 0 Å². The van der Waals surface area contributed by atoms with Crippen LogP contribution in [0, 0.1) is 0 Å². The average Bonchev–Trinajstić information content (AvgIpc) is 3.11. The van der Waals surface area contributed by atoms with Crippen LogP contribution in [0.4, 0.5) is 5.69 Å². The Bertz CT molecular complexity index is 1060. The van der Waals surface area contributed by atoms with Gasteiger partial charge >= 0.3 is 0 Å². The first kappa shape index (κ1) is 20.2. The van der Waals surface area contributed by atoms with Crippen LogP contribution in [0.1, 0.15) is 22.8 Å². The van der Waals surface area contributed by atoms with Crippen LogP contribution < -0.4 is 5.32 Å². The van der Waals surface area contributed by atoms with Crippen LogP contribution in [-0.4, -0.2) is 58.9 Å². The summed E-state index contributed by atoms with van der Waals surface area (Å²) in [5, 5.41) is 4.01. The summed E-state index contributed by atoms with van der Waals surface area (Å²) in [6.45, 7) is 5.06. The predicted octanol–water partition coefficient (Wildman–Crippen LogP) is 3.14. The first-order valence-corrected chi connectivity index (χ1v) is 10.5. The van der Waals surface area contributed by atoms with Gasteiger partial charge < -0.3 is 14.8 Å². The average molecular weight is 405 g/mol. The summed E-state index contributed by atoms with van der Waals surface area (Å²) in [4.78, 5) is 29.6. The minimum absolute atomic E-state index is 0.00951. The minimum atomic E-state index is -0.00951. The van der Waals surface area contributed by atoms with Gasteiger partial charge in [-0.1, -0.05) is 43.3 Å². The number of carbonyl (C=O) groups excluding carboxylic acids is 2. The summed E-state index contributed by atoms with van der Waals surface area (Å²) in [6, 6.07) is 15.9. The van der Waals surface area contributed by atoms with Crippen molar-refractivity contribution in [2.75, 3.05) is 38.0 Å². The number of nitrogens with one attached hydrogen (secondary N) is 1. The molecular formula is C24H28N4O2. The zero-order chi connectivity index (χ0) is 21.1. The van der Waals surface area contributed by atoms with Crippen molar-refractivity contribution in [3.8, 4) is 0 Å². The predicted molar refractivity (Wildman–Crippen MR) is 120 cm³/mol. The van der Waals surface area contributed by atoms with Gasteiger partial charge in [-0.15, -0.1) is 0 Å². The van der Waals surface area contributed by atoms with E-state index in [0.717, 1.165) is 34.1 Å². The van der Waals surface area contributed by atoms with Crippen LogP contribution in [0.25, 0.3) is 10.9 Å². The number of carbonyl (C=O) groups is 2. The Morgan fingerprint density at radius 2 is 1.67 bits per heavy atom. The molecule has 4 rings (SSSR count). The third kappa shape index (κ3) is 4.09. The van der Waals surface area contributed by atoms with Gasteiger partial charge in [0, 0.05) is 56.0 Å². The normalized spacial score (nSPS) is 14.8. The zero-order valence-corrected chi connectivity index (χ0v) is 17.6. The number of rotatable bonds is 5. The highest BCUT2D eigenvalue weighted by atomic mass is 16.2. The van der Waals surface area contributed by atoms with Gasteiger partial charge in [0.2, 0.25) is 5.91 Å². The molecule has 2 amide bonds. The van der Waals surface area contributed by atoms with E-state index in [1.807, 2.05) is 71.2 Å². The molecule has 0 spiro atoms. The third-order valence-corrected chi connectivity index (χ3v) is 5.83. The van der Waals surface area contributed by atoms with Crippen LogP contribution in [-0.2, 0) is 18.3 Å². The molecule has 0 unspecified atom stereocenters. The van der Waals surface area contributed by atoms with Gasteiger partial charge in [0.25, 0.3) is 5.91 Å². The summed E-state index contributed by atoms with van der Waals surface area (Å²) in [5.74, 6) is 0.0532. The Kier molecular flexibility index (Phi) is 5.86. The van der Waals surface area contributed by atoms with Crippen molar-refractivity contribution in [2.45, 2.75) is 13.3 Å². The highest BCUT2D eigenvalue weighted by Crippen LogP contribution is 2.22. The number of hydrogen-bond acceptors (Lipinski definition) is 3. The number of aryl methyl sites for hydroxylation is 2. The first-order valence-electron chi connectivity index (χ1n) is 10.5. The van der Waals surface area contributed by atoms with Gasteiger partial charge in [-0.05, 0) is 24.1 Å². The monoisotopic (exact) mass is 404 g/mol. The van der Waals surface area contributed by atoms with E-state index >= 15 is 0 Å². The first-order chi connectivity index (χ1) is 14.6. The highest BCUT2D eigenvalue weighted by Gasteiger charge is 2.25. The number of amides is 2. The van der Waals surface area contributed by atoms with E-state index in [1.165, 1.54) is 0 Å². The second kappa shape index (κ2) is 8.71. The van der Waals surface area contributed by atoms with Crippen LogP contribution in [0.15, 0.2) is 54.7 Å². The maximum absolute atomic E-state index is 13.1. The molecule has 0 bridgehead atoms. The minimum Gasteiger partial charge on any atom is -0.350 e. The fourth-order valence-corrected chi connectivity index (χ4v) is 4.13. The number of nitrogens with zero attached hydrogens (tertiary/aromatic N) is 3. The molecule has 156 valence electrons. The topological polar surface area (TPSA) is 57.6 Å². The van der Waals surface area contributed by atoms with Crippen molar-refractivity contribution in [1.29, 1.82) is 0 Å². The van der Waals surface area contributed by atoms with E-state index in [1.54, 1.807) is 0 Å². The fourth-order valence-electron chi connectivity index (χ4n) is 4.13. The lowest BCUT2D eigenvalue weighted by Crippen LogP contribution is -2.50. The molecule has 6 nitrogen and oxygen atoms in total. The summed E-state index contributed by atoms with van der Waals surface area (Å²) < 4.78 is 2.00. The maximum Gasteiger partial charge on any atom is 0.256 e. The van der Waals surface area contributed by atoms with E-state index in [9.17, 15) is 9.59 Å². The molecule has 1 aliphatic heterocycles. The molecule has 0 saturated carbocycles. The van der Waals surface area contributed by atoms with Crippen molar-refractivity contribution in [1.82, 2.24) is 14.4 Å². The van der Waals surface area contributed by atoms with E-state index in [2.05, 4.69) is 17.1 Å². The number of aromatic nitrogens is 1. The molecule has 1 fully saturated rings. The lowest BCUT2D eigenvalue weighted by atomic mass is 10.1. The summed E-state index contributed by atoms with van der Waals surface area (Å²) in [6.07, 6.45) is 2.80. The molecular weight excluding hydrogens is 376 g/mol. The van der Waals surface area contributed by atoms with E-state index in [-0.39, 0.29) is 11.8 Å². The van der Waals surface area contributed by atoms with Crippen LogP contribution in [0.2, 0.25) is 0 Å². The number of piperazine rings is 1. The van der Waals surface area contributed by atoms with Gasteiger partial charge in [-0.2, -0.15) is 0 Å². The Hall–Kier alpha value is -3.12. The second-order valence-corrected chi connectivity index (χ2v) is 7.80. The molecule has 6 heteroatoms. The lowest BCUT2D eigenvalue weighted by molar-refractivity contribution is -0.117. The fraction of sp³-hybridized carbons (Fsp3) is 0.333. The quantitative estimate of drug-likeness (QED) is 0.711. The van der Waals surface area contributed by atoms with Crippen LogP contribution >= 0.6 is 0 Å². The standard InChI is InChI=1S/C24H28N4O2/c1-3-18-8-4-6-10-21(18)25-23(29)17-27-12-14-28(15-13-27)24(30)20-16-26(2)22-11-7-5-9-19(20)22/h4-11,16H,3,12-15,17H2,1-2H3,(H,25,29). The van der Waals surface area contributed by atoms with Crippen molar-refractivity contribution in [3.63, 3.8) is 0 Å². The largest absolute Gasteiger partial charge is 0.350 e. The summed E-state index contributed by atoms with van der Waals surface area (Å²) in [5.41, 5.74) is 3.82. The Labute approximate surface area is 177 Å². The Morgan fingerprint density at radius 1 is 0.967 bits per heavy atom. The molecule has 0 aliphatic carbocycles. The molecule has 2 aromatic carbocycles. The number of para-hydroxylation sites is 2. The molecule has 30 heavy (non-hydrogen) atoms. The van der Waals surface area contributed by atoms with Crippen LogP contribution in [0.5, 0.6) is 0 Å². The molecule has 1 aromatic heterocycles. The number of anilines is 1.